The highest BCUT2D eigenvalue weighted by Gasteiger charge is 2.23. The van der Waals surface area contributed by atoms with Crippen molar-refractivity contribution in [1.82, 2.24) is 5.01 Å². The zero-order valence-corrected chi connectivity index (χ0v) is 13.3. The standard InChI is InChI=1S/C19H19FN2O/c1-13(2)14-5-3-6-15(11-14)18-9-10-22(21-18)19(23)16-7-4-8-17(20)12-16/h3-8,11-13H,9-10H2,1-2H3. The molecule has 0 bridgehead atoms. The van der Waals surface area contributed by atoms with E-state index in [1.807, 2.05) is 12.1 Å². The van der Waals surface area contributed by atoms with Crippen LogP contribution in [0, 0.1) is 5.82 Å². The first-order chi connectivity index (χ1) is 11.0. The average molecular weight is 310 g/mol. The average Bonchev–Trinajstić information content (AvgIpc) is 3.04. The number of hydrogen-bond donors (Lipinski definition) is 0. The molecule has 0 atom stereocenters. The Morgan fingerprint density at radius 3 is 2.70 bits per heavy atom. The van der Waals surface area contributed by atoms with Crippen molar-refractivity contribution in [1.29, 1.82) is 0 Å². The lowest BCUT2D eigenvalue weighted by Gasteiger charge is -2.11. The fourth-order valence-corrected chi connectivity index (χ4v) is 2.65. The number of carbonyl (C=O) groups is 1. The molecule has 2 aromatic carbocycles. The molecule has 23 heavy (non-hydrogen) atoms. The molecule has 0 radical (unpaired) electrons. The predicted molar refractivity (Wildman–Crippen MR) is 89.1 cm³/mol. The zero-order valence-electron chi connectivity index (χ0n) is 13.3. The maximum atomic E-state index is 13.3. The first-order valence-electron chi connectivity index (χ1n) is 7.80. The summed E-state index contributed by atoms with van der Waals surface area (Å²) in [7, 11) is 0. The molecule has 118 valence electrons. The molecule has 0 saturated heterocycles. The van der Waals surface area contributed by atoms with Gasteiger partial charge in [0.1, 0.15) is 5.82 Å². The van der Waals surface area contributed by atoms with E-state index in [0.717, 1.165) is 11.3 Å². The van der Waals surface area contributed by atoms with Crippen LogP contribution in [0.2, 0.25) is 0 Å². The van der Waals surface area contributed by atoms with Crippen LogP contribution in [0.25, 0.3) is 0 Å². The van der Waals surface area contributed by atoms with Crippen LogP contribution < -0.4 is 0 Å². The molecule has 1 aliphatic heterocycles. The normalized spacial score (nSPS) is 14.3. The van der Waals surface area contributed by atoms with E-state index in [9.17, 15) is 9.18 Å². The van der Waals surface area contributed by atoms with Gasteiger partial charge in [0.15, 0.2) is 0 Å². The van der Waals surface area contributed by atoms with Crippen molar-refractivity contribution < 1.29 is 9.18 Å². The van der Waals surface area contributed by atoms with Gasteiger partial charge >= 0.3 is 0 Å². The number of rotatable bonds is 3. The third kappa shape index (κ3) is 3.31. The second-order valence-electron chi connectivity index (χ2n) is 6.02. The molecule has 3 nitrogen and oxygen atoms in total. The lowest BCUT2D eigenvalue weighted by atomic mass is 9.98. The minimum atomic E-state index is -0.413. The number of halogens is 1. The molecule has 0 N–H and O–H groups in total. The summed E-state index contributed by atoms with van der Waals surface area (Å²) in [6.45, 7) is 4.82. The van der Waals surface area contributed by atoms with Crippen molar-refractivity contribution in [3.63, 3.8) is 0 Å². The monoisotopic (exact) mass is 310 g/mol. The van der Waals surface area contributed by atoms with Crippen molar-refractivity contribution in [3.05, 3.63) is 71.0 Å². The van der Waals surface area contributed by atoms with Crippen LogP contribution in [0.5, 0.6) is 0 Å². The van der Waals surface area contributed by atoms with Gasteiger partial charge in [-0.25, -0.2) is 9.40 Å². The van der Waals surface area contributed by atoms with Gasteiger partial charge < -0.3 is 0 Å². The molecule has 0 aromatic heterocycles. The predicted octanol–water partition coefficient (Wildman–Crippen LogP) is 4.20. The lowest BCUT2D eigenvalue weighted by molar-refractivity contribution is 0.0778. The third-order valence-corrected chi connectivity index (χ3v) is 3.99. The maximum absolute atomic E-state index is 13.3. The fourth-order valence-electron chi connectivity index (χ4n) is 2.65. The first kappa shape index (κ1) is 15.4. The van der Waals surface area contributed by atoms with Gasteiger partial charge in [-0.05, 0) is 41.3 Å². The lowest BCUT2D eigenvalue weighted by Crippen LogP contribution is -2.23. The van der Waals surface area contributed by atoms with Crippen LogP contribution >= 0.6 is 0 Å². The van der Waals surface area contributed by atoms with Gasteiger partial charge in [0.2, 0.25) is 0 Å². The quantitative estimate of drug-likeness (QED) is 0.836. The fraction of sp³-hybridized carbons (Fsp3) is 0.263. The smallest absolute Gasteiger partial charge is 0.267 e. The molecular weight excluding hydrogens is 291 g/mol. The highest BCUT2D eigenvalue weighted by Crippen LogP contribution is 2.20. The second-order valence-corrected chi connectivity index (χ2v) is 6.02. The van der Waals surface area contributed by atoms with E-state index in [4.69, 9.17) is 0 Å². The van der Waals surface area contributed by atoms with Crippen LogP contribution in [0.1, 0.15) is 47.7 Å². The molecule has 0 fully saturated rings. The molecule has 2 aromatic rings. The van der Waals surface area contributed by atoms with Crippen LogP contribution in [0.4, 0.5) is 4.39 Å². The van der Waals surface area contributed by atoms with Crippen LogP contribution in [-0.2, 0) is 0 Å². The molecule has 0 unspecified atom stereocenters. The first-order valence-corrected chi connectivity index (χ1v) is 7.80. The van der Waals surface area contributed by atoms with Crippen molar-refractivity contribution in [3.8, 4) is 0 Å². The molecule has 1 aliphatic rings. The Morgan fingerprint density at radius 2 is 1.96 bits per heavy atom. The van der Waals surface area contributed by atoms with E-state index in [0.29, 0.717) is 24.4 Å². The van der Waals surface area contributed by atoms with Gasteiger partial charge in [-0.2, -0.15) is 5.10 Å². The van der Waals surface area contributed by atoms with E-state index in [1.165, 1.54) is 28.8 Å². The summed E-state index contributed by atoms with van der Waals surface area (Å²) < 4.78 is 13.3. The van der Waals surface area contributed by atoms with E-state index in [1.54, 1.807) is 6.07 Å². The summed E-state index contributed by atoms with van der Waals surface area (Å²) >= 11 is 0. The Morgan fingerprint density at radius 1 is 1.17 bits per heavy atom. The van der Waals surface area contributed by atoms with Gasteiger partial charge in [-0.3, -0.25) is 4.79 Å². The molecule has 1 heterocycles. The van der Waals surface area contributed by atoms with E-state index in [-0.39, 0.29) is 5.91 Å². The summed E-state index contributed by atoms with van der Waals surface area (Å²) in [4.78, 5) is 12.4. The summed E-state index contributed by atoms with van der Waals surface area (Å²) in [5.74, 6) is -0.231. The number of hydrogen-bond acceptors (Lipinski definition) is 2. The Bertz CT molecular complexity index is 767. The van der Waals surface area contributed by atoms with Gasteiger partial charge in [0.05, 0.1) is 12.3 Å². The van der Waals surface area contributed by atoms with Gasteiger partial charge in [0, 0.05) is 12.0 Å². The molecule has 0 spiro atoms. The Kier molecular flexibility index (Phi) is 4.24. The highest BCUT2D eigenvalue weighted by molar-refractivity contribution is 6.04. The molecule has 3 rings (SSSR count). The van der Waals surface area contributed by atoms with Crippen molar-refractivity contribution in [2.24, 2.45) is 5.10 Å². The largest absolute Gasteiger partial charge is 0.274 e. The Labute approximate surface area is 135 Å². The SMILES string of the molecule is CC(C)c1cccc(C2=NN(C(=O)c3cccc(F)c3)CC2)c1. The number of benzene rings is 2. The van der Waals surface area contributed by atoms with E-state index < -0.39 is 5.82 Å². The van der Waals surface area contributed by atoms with Crippen molar-refractivity contribution in [2.75, 3.05) is 6.54 Å². The van der Waals surface area contributed by atoms with Gasteiger partial charge in [-0.15, -0.1) is 0 Å². The third-order valence-electron chi connectivity index (χ3n) is 3.99. The molecular formula is C19H19FN2O. The van der Waals surface area contributed by atoms with Gasteiger partial charge in [-0.1, -0.05) is 38.1 Å². The minimum absolute atomic E-state index is 0.264. The second kappa shape index (κ2) is 6.32. The Balaban J connectivity index is 1.83. The van der Waals surface area contributed by atoms with Crippen LogP contribution in [-0.4, -0.2) is 23.2 Å². The number of hydrazone groups is 1. The van der Waals surface area contributed by atoms with Crippen LogP contribution in [0.3, 0.4) is 0 Å². The molecule has 0 saturated carbocycles. The van der Waals surface area contributed by atoms with E-state index in [2.05, 4.69) is 31.1 Å². The number of nitrogens with zero attached hydrogens (tertiary/aromatic N) is 2. The maximum Gasteiger partial charge on any atom is 0.274 e. The molecule has 0 aliphatic carbocycles. The molecule has 1 amide bonds. The summed E-state index contributed by atoms with van der Waals surface area (Å²) in [5.41, 5.74) is 3.52. The Hall–Kier alpha value is -2.49. The van der Waals surface area contributed by atoms with Crippen LogP contribution in [0.15, 0.2) is 53.6 Å². The number of amides is 1. The minimum Gasteiger partial charge on any atom is -0.267 e. The summed E-state index contributed by atoms with van der Waals surface area (Å²) in [6, 6.07) is 14.0. The summed E-state index contributed by atoms with van der Waals surface area (Å²) in [5, 5.41) is 5.87. The van der Waals surface area contributed by atoms with Crippen molar-refractivity contribution >= 4 is 11.6 Å². The summed E-state index contributed by atoms with van der Waals surface area (Å²) in [6.07, 6.45) is 0.711. The topological polar surface area (TPSA) is 32.7 Å². The molecule has 4 heteroatoms. The zero-order chi connectivity index (χ0) is 16.4. The highest BCUT2D eigenvalue weighted by atomic mass is 19.1. The van der Waals surface area contributed by atoms with Crippen molar-refractivity contribution in [2.45, 2.75) is 26.2 Å². The van der Waals surface area contributed by atoms with Gasteiger partial charge in [0.25, 0.3) is 5.91 Å². The van der Waals surface area contributed by atoms with E-state index >= 15 is 0 Å². The number of carbonyl (C=O) groups excluding carboxylic acids is 1.